The van der Waals surface area contributed by atoms with Gasteiger partial charge in [-0.1, -0.05) is 50.7 Å². The summed E-state index contributed by atoms with van der Waals surface area (Å²) in [7, 11) is 0. The predicted octanol–water partition coefficient (Wildman–Crippen LogP) is 3.81. The number of nitrogens with one attached hydrogen (secondary N) is 1. The number of hydrogen-bond donors (Lipinski definition) is 2. The number of aromatic nitrogens is 3. The van der Waals surface area contributed by atoms with Crippen LogP contribution in [0, 0.1) is 5.92 Å². The average molecular weight is 401 g/mol. The number of nitrogens with zero attached hydrogens (tertiary/aromatic N) is 3. The summed E-state index contributed by atoms with van der Waals surface area (Å²) in [5, 5.41) is 22.9. The summed E-state index contributed by atoms with van der Waals surface area (Å²) in [5.41, 5.74) is -0.158. The van der Waals surface area contributed by atoms with Gasteiger partial charge in [0.1, 0.15) is 16.3 Å². The highest BCUT2D eigenvalue weighted by Gasteiger charge is 2.23. The second kappa shape index (κ2) is 8.52. The molecule has 2 heterocycles. The molecule has 3 aromatic rings. The number of para-hydroxylation sites is 1. The lowest BCUT2D eigenvalue weighted by Crippen LogP contribution is -2.30. The van der Waals surface area contributed by atoms with Crippen LogP contribution in [0.15, 0.2) is 29.1 Å². The minimum Gasteiger partial charge on any atom is -0.506 e. The molecule has 0 bridgehead atoms. The number of hydrogen-bond acceptors (Lipinski definition) is 6. The molecule has 0 fully saturated rings. The van der Waals surface area contributed by atoms with Crippen molar-refractivity contribution in [2.45, 2.75) is 46.6 Å². The van der Waals surface area contributed by atoms with Crippen molar-refractivity contribution in [3.05, 3.63) is 45.2 Å². The van der Waals surface area contributed by atoms with E-state index in [2.05, 4.69) is 29.4 Å². The van der Waals surface area contributed by atoms with Crippen molar-refractivity contribution in [1.29, 1.82) is 0 Å². The molecular formula is C20H24N4O3S. The Balaban J connectivity index is 2.00. The Kier molecular flexibility index (Phi) is 6.08. The molecule has 2 aromatic heterocycles. The van der Waals surface area contributed by atoms with E-state index in [0.717, 1.165) is 24.3 Å². The van der Waals surface area contributed by atoms with Gasteiger partial charge in [-0.3, -0.25) is 14.9 Å². The molecule has 1 aromatic carbocycles. The first-order chi connectivity index (χ1) is 13.4. The molecule has 148 valence electrons. The van der Waals surface area contributed by atoms with Crippen LogP contribution < -0.4 is 10.9 Å². The van der Waals surface area contributed by atoms with Gasteiger partial charge in [-0.15, -0.1) is 10.2 Å². The van der Waals surface area contributed by atoms with E-state index in [1.807, 2.05) is 6.92 Å². The minimum atomic E-state index is -0.675. The molecule has 7 nitrogen and oxygen atoms in total. The van der Waals surface area contributed by atoms with Crippen LogP contribution in [0.3, 0.4) is 0 Å². The van der Waals surface area contributed by atoms with Crippen molar-refractivity contribution in [3.8, 4) is 5.75 Å². The zero-order valence-corrected chi connectivity index (χ0v) is 17.0. The van der Waals surface area contributed by atoms with Crippen LogP contribution in [0.1, 0.15) is 49.0 Å². The average Bonchev–Trinajstić information content (AvgIpc) is 3.07. The Morgan fingerprint density at radius 2 is 2.04 bits per heavy atom. The molecular weight excluding hydrogens is 376 g/mol. The highest BCUT2D eigenvalue weighted by atomic mass is 32.1. The van der Waals surface area contributed by atoms with Crippen LogP contribution in [0.2, 0.25) is 0 Å². The maximum Gasteiger partial charge on any atom is 0.267 e. The molecule has 0 radical (unpaired) electrons. The first-order valence-electron chi connectivity index (χ1n) is 9.40. The number of fused-ring (bicyclic) bond motifs is 1. The molecule has 3 rings (SSSR count). The van der Waals surface area contributed by atoms with E-state index in [-0.39, 0.29) is 11.3 Å². The minimum absolute atomic E-state index is 0.268. The van der Waals surface area contributed by atoms with Crippen LogP contribution >= 0.6 is 11.3 Å². The fourth-order valence-corrected chi connectivity index (χ4v) is 3.97. The second-order valence-electron chi connectivity index (χ2n) is 7.10. The van der Waals surface area contributed by atoms with Gasteiger partial charge >= 0.3 is 0 Å². The Morgan fingerprint density at radius 1 is 1.29 bits per heavy atom. The molecule has 0 aliphatic heterocycles. The molecule has 0 saturated carbocycles. The first kappa shape index (κ1) is 20.0. The summed E-state index contributed by atoms with van der Waals surface area (Å²) in [6.07, 6.45) is 2.47. The van der Waals surface area contributed by atoms with E-state index in [4.69, 9.17) is 0 Å². The van der Waals surface area contributed by atoms with Crippen molar-refractivity contribution in [2.75, 3.05) is 5.32 Å². The van der Waals surface area contributed by atoms with Gasteiger partial charge in [-0.25, -0.2) is 0 Å². The lowest BCUT2D eigenvalue weighted by atomic mass is 10.1. The largest absolute Gasteiger partial charge is 0.506 e. The molecule has 1 amide bonds. The number of carbonyl (C=O) groups is 1. The third-order valence-corrected chi connectivity index (χ3v) is 5.24. The summed E-state index contributed by atoms with van der Waals surface area (Å²) in [4.78, 5) is 25.8. The first-order valence-corrected chi connectivity index (χ1v) is 10.2. The van der Waals surface area contributed by atoms with E-state index in [1.54, 1.807) is 28.8 Å². The maximum atomic E-state index is 13.0. The molecule has 0 saturated heterocycles. The van der Waals surface area contributed by atoms with Gasteiger partial charge in [0.15, 0.2) is 0 Å². The van der Waals surface area contributed by atoms with Gasteiger partial charge < -0.3 is 9.67 Å². The molecule has 0 atom stereocenters. The van der Waals surface area contributed by atoms with Gasteiger partial charge in [-0.2, -0.15) is 0 Å². The standard InChI is InChI=1S/C20H24N4O3S/c1-4-5-10-24-14-9-7-6-8-13(14)17(25)16(19(24)27)18(26)21-20-23-22-15(28-20)11-12(2)3/h6-9,12,25H,4-5,10-11H2,1-3H3,(H,21,23,26). The van der Waals surface area contributed by atoms with E-state index in [1.165, 1.54) is 11.3 Å². The van der Waals surface area contributed by atoms with Crippen LogP contribution in [-0.4, -0.2) is 25.8 Å². The Morgan fingerprint density at radius 3 is 2.75 bits per heavy atom. The fourth-order valence-electron chi connectivity index (χ4n) is 3.03. The van der Waals surface area contributed by atoms with E-state index < -0.39 is 11.5 Å². The summed E-state index contributed by atoms with van der Waals surface area (Å²) < 4.78 is 1.55. The Labute approximate surface area is 167 Å². The number of aryl methyl sites for hydroxylation is 1. The Hall–Kier alpha value is -2.74. The van der Waals surface area contributed by atoms with E-state index in [9.17, 15) is 14.7 Å². The molecule has 28 heavy (non-hydrogen) atoms. The van der Waals surface area contributed by atoms with Crippen molar-refractivity contribution in [2.24, 2.45) is 5.92 Å². The normalized spacial score (nSPS) is 11.3. The van der Waals surface area contributed by atoms with Gasteiger partial charge in [0, 0.05) is 18.4 Å². The predicted molar refractivity (Wildman–Crippen MR) is 111 cm³/mol. The molecule has 0 aliphatic rings. The van der Waals surface area contributed by atoms with Crippen LogP contribution in [0.25, 0.3) is 10.9 Å². The van der Waals surface area contributed by atoms with Crippen molar-refractivity contribution >= 4 is 33.3 Å². The molecule has 8 heteroatoms. The molecule has 0 unspecified atom stereocenters. The lowest BCUT2D eigenvalue weighted by molar-refractivity contribution is 0.102. The molecule has 0 spiro atoms. The highest BCUT2D eigenvalue weighted by molar-refractivity contribution is 7.15. The number of amides is 1. The number of unbranched alkanes of at least 4 members (excludes halogenated alkanes) is 1. The van der Waals surface area contributed by atoms with Crippen molar-refractivity contribution < 1.29 is 9.90 Å². The van der Waals surface area contributed by atoms with Gasteiger partial charge in [0.25, 0.3) is 11.5 Å². The number of anilines is 1. The zero-order valence-electron chi connectivity index (χ0n) is 16.2. The maximum absolute atomic E-state index is 13.0. The SMILES string of the molecule is CCCCn1c(=O)c(C(=O)Nc2nnc(CC(C)C)s2)c(O)c2ccccc21. The number of benzene rings is 1. The van der Waals surface area contributed by atoms with Gasteiger partial charge in [0.05, 0.1) is 5.52 Å². The third kappa shape index (κ3) is 4.06. The summed E-state index contributed by atoms with van der Waals surface area (Å²) in [5.74, 6) is -0.560. The fraction of sp³-hybridized carbons (Fsp3) is 0.400. The van der Waals surface area contributed by atoms with E-state index >= 15 is 0 Å². The lowest BCUT2D eigenvalue weighted by Gasteiger charge is -2.14. The molecule has 0 aliphatic carbocycles. The quantitative estimate of drug-likeness (QED) is 0.628. The third-order valence-electron chi connectivity index (χ3n) is 4.38. The van der Waals surface area contributed by atoms with Crippen molar-refractivity contribution in [3.63, 3.8) is 0 Å². The number of rotatable bonds is 7. The van der Waals surface area contributed by atoms with Crippen molar-refractivity contribution in [1.82, 2.24) is 14.8 Å². The summed E-state index contributed by atoms with van der Waals surface area (Å²) >= 11 is 1.27. The Bertz CT molecular complexity index is 1060. The van der Waals surface area contributed by atoms with Crippen LogP contribution in [0.5, 0.6) is 5.75 Å². The number of pyridine rings is 1. The van der Waals surface area contributed by atoms with Crippen LogP contribution in [-0.2, 0) is 13.0 Å². The highest BCUT2D eigenvalue weighted by Crippen LogP contribution is 2.27. The van der Waals surface area contributed by atoms with Gasteiger partial charge in [-0.05, 0) is 24.5 Å². The summed E-state index contributed by atoms with van der Waals surface area (Å²) in [6, 6.07) is 7.05. The number of carbonyl (C=O) groups excluding carboxylic acids is 1. The van der Waals surface area contributed by atoms with Crippen LogP contribution in [0.4, 0.5) is 5.13 Å². The topological polar surface area (TPSA) is 97.1 Å². The zero-order chi connectivity index (χ0) is 20.3. The summed E-state index contributed by atoms with van der Waals surface area (Å²) in [6.45, 7) is 6.66. The second-order valence-corrected chi connectivity index (χ2v) is 8.17. The smallest absolute Gasteiger partial charge is 0.267 e. The number of aromatic hydroxyl groups is 1. The monoisotopic (exact) mass is 400 g/mol. The molecule has 2 N–H and O–H groups in total. The van der Waals surface area contributed by atoms with Gasteiger partial charge in [0.2, 0.25) is 5.13 Å². The van der Waals surface area contributed by atoms with E-state index in [0.29, 0.717) is 28.5 Å².